The molecule has 0 spiro atoms. The molecule has 1 aromatic carbocycles. The van der Waals surface area contributed by atoms with E-state index in [1.165, 1.54) is 0 Å². The molecular weight excluding hydrogens is 252 g/mol. The average molecular weight is 267 g/mol. The highest BCUT2D eigenvalue weighted by atomic mass is 35.5. The number of carbonyl (C=O) groups is 2. The molecule has 5 heteroatoms. The lowest BCUT2D eigenvalue weighted by molar-refractivity contribution is -0.129. The zero-order valence-electron chi connectivity index (χ0n) is 9.91. The van der Waals surface area contributed by atoms with Gasteiger partial charge >= 0.3 is 0 Å². The summed E-state index contributed by atoms with van der Waals surface area (Å²) in [6.45, 7) is -0.0133. The molecule has 1 fully saturated rings. The van der Waals surface area contributed by atoms with E-state index in [1.54, 1.807) is 24.3 Å². The largest absolute Gasteiger partial charge is 0.347 e. The van der Waals surface area contributed by atoms with E-state index in [0.29, 0.717) is 10.7 Å². The highest BCUT2D eigenvalue weighted by molar-refractivity contribution is 6.33. The molecular formula is C13H15ClN2O2. The molecule has 0 aromatic heterocycles. The topological polar surface area (TPSA) is 58.2 Å². The van der Waals surface area contributed by atoms with E-state index in [0.717, 1.165) is 19.3 Å². The van der Waals surface area contributed by atoms with E-state index in [2.05, 4.69) is 10.6 Å². The molecule has 2 N–H and O–H groups in total. The predicted octanol–water partition coefficient (Wildman–Crippen LogP) is 2.19. The fourth-order valence-electron chi connectivity index (χ4n) is 1.74. The van der Waals surface area contributed by atoms with Gasteiger partial charge < -0.3 is 10.6 Å². The van der Waals surface area contributed by atoms with Gasteiger partial charge in [-0.2, -0.15) is 0 Å². The SMILES string of the molecule is O=C(CNC(=O)C1CCC1)Nc1ccccc1Cl. The highest BCUT2D eigenvalue weighted by Gasteiger charge is 2.25. The molecule has 0 saturated heterocycles. The Labute approximate surface area is 111 Å². The number of hydrogen-bond donors (Lipinski definition) is 2. The Morgan fingerprint density at radius 3 is 2.61 bits per heavy atom. The molecule has 2 amide bonds. The van der Waals surface area contributed by atoms with Crippen LogP contribution in [0, 0.1) is 5.92 Å². The van der Waals surface area contributed by atoms with Gasteiger partial charge in [-0.3, -0.25) is 9.59 Å². The predicted molar refractivity (Wildman–Crippen MR) is 70.4 cm³/mol. The van der Waals surface area contributed by atoms with E-state index in [-0.39, 0.29) is 24.3 Å². The fourth-order valence-corrected chi connectivity index (χ4v) is 1.92. The molecule has 0 unspecified atom stereocenters. The van der Waals surface area contributed by atoms with Gasteiger partial charge in [-0.25, -0.2) is 0 Å². The number of para-hydroxylation sites is 1. The number of benzene rings is 1. The third-order valence-electron chi connectivity index (χ3n) is 3.05. The molecule has 96 valence electrons. The van der Waals surface area contributed by atoms with Crippen LogP contribution in [0.1, 0.15) is 19.3 Å². The summed E-state index contributed by atoms with van der Waals surface area (Å²) in [4.78, 5) is 23.1. The molecule has 1 saturated carbocycles. The number of rotatable bonds is 4. The maximum absolute atomic E-state index is 11.6. The zero-order valence-corrected chi connectivity index (χ0v) is 10.7. The van der Waals surface area contributed by atoms with Crippen LogP contribution < -0.4 is 10.6 Å². The second-order valence-electron chi connectivity index (χ2n) is 4.37. The number of anilines is 1. The summed E-state index contributed by atoms with van der Waals surface area (Å²) in [5, 5.41) is 5.77. The number of hydrogen-bond acceptors (Lipinski definition) is 2. The quantitative estimate of drug-likeness (QED) is 0.878. The summed E-state index contributed by atoms with van der Waals surface area (Å²) in [7, 11) is 0. The van der Waals surface area contributed by atoms with Crippen LogP contribution in [0.5, 0.6) is 0 Å². The smallest absolute Gasteiger partial charge is 0.243 e. The van der Waals surface area contributed by atoms with Crippen molar-refractivity contribution in [2.45, 2.75) is 19.3 Å². The summed E-state index contributed by atoms with van der Waals surface area (Å²) < 4.78 is 0. The van der Waals surface area contributed by atoms with Crippen molar-refractivity contribution in [1.82, 2.24) is 5.32 Å². The third-order valence-corrected chi connectivity index (χ3v) is 3.38. The molecule has 1 aliphatic carbocycles. The molecule has 18 heavy (non-hydrogen) atoms. The Kier molecular flexibility index (Phi) is 4.20. The van der Waals surface area contributed by atoms with Crippen molar-refractivity contribution in [2.75, 3.05) is 11.9 Å². The first kappa shape index (κ1) is 12.9. The second-order valence-corrected chi connectivity index (χ2v) is 4.78. The van der Waals surface area contributed by atoms with Crippen LogP contribution in [0.4, 0.5) is 5.69 Å². The van der Waals surface area contributed by atoms with E-state index in [4.69, 9.17) is 11.6 Å². The molecule has 0 atom stereocenters. The van der Waals surface area contributed by atoms with Gasteiger partial charge in [0.15, 0.2) is 0 Å². The zero-order chi connectivity index (χ0) is 13.0. The molecule has 0 heterocycles. The van der Waals surface area contributed by atoms with Gasteiger partial charge in [0.05, 0.1) is 17.3 Å². The first-order chi connectivity index (χ1) is 8.66. The molecule has 4 nitrogen and oxygen atoms in total. The first-order valence-electron chi connectivity index (χ1n) is 5.99. The van der Waals surface area contributed by atoms with Crippen molar-refractivity contribution < 1.29 is 9.59 Å². The number of nitrogens with one attached hydrogen (secondary N) is 2. The summed E-state index contributed by atoms with van der Waals surface area (Å²) in [6, 6.07) is 6.99. The van der Waals surface area contributed by atoms with Crippen LogP contribution in [-0.4, -0.2) is 18.4 Å². The molecule has 2 rings (SSSR count). The number of amides is 2. The minimum absolute atomic E-state index is 0.0133. The molecule has 0 bridgehead atoms. The van der Waals surface area contributed by atoms with Crippen LogP contribution in [-0.2, 0) is 9.59 Å². The van der Waals surface area contributed by atoms with Crippen LogP contribution in [0.2, 0.25) is 5.02 Å². The Bertz CT molecular complexity index is 458. The standard InChI is InChI=1S/C13H15ClN2O2/c14-10-6-1-2-7-11(10)16-12(17)8-15-13(18)9-4-3-5-9/h1-2,6-7,9H,3-5,8H2,(H,15,18)(H,16,17). The first-order valence-corrected chi connectivity index (χ1v) is 6.36. The van der Waals surface area contributed by atoms with E-state index < -0.39 is 0 Å². The maximum atomic E-state index is 11.6. The Morgan fingerprint density at radius 1 is 1.28 bits per heavy atom. The average Bonchev–Trinajstić information content (AvgIpc) is 2.27. The van der Waals surface area contributed by atoms with Gasteiger partial charge in [0.2, 0.25) is 11.8 Å². The lowest BCUT2D eigenvalue weighted by atomic mass is 9.85. The summed E-state index contributed by atoms with van der Waals surface area (Å²) in [6.07, 6.45) is 2.96. The Balaban J connectivity index is 1.78. The molecule has 1 aliphatic rings. The lowest BCUT2D eigenvalue weighted by Crippen LogP contribution is -2.39. The number of halogens is 1. The lowest BCUT2D eigenvalue weighted by Gasteiger charge is -2.23. The van der Waals surface area contributed by atoms with Gasteiger partial charge in [-0.15, -0.1) is 0 Å². The maximum Gasteiger partial charge on any atom is 0.243 e. The third kappa shape index (κ3) is 3.23. The highest BCUT2D eigenvalue weighted by Crippen LogP contribution is 2.26. The summed E-state index contributed by atoms with van der Waals surface area (Å²) in [5.74, 6) is -0.204. The van der Waals surface area contributed by atoms with Gasteiger partial charge in [0.25, 0.3) is 0 Å². The summed E-state index contributed by atoms with van der Waals surface area (Å²) >= 11 is 5.91. The summed E-state index contributed by atoms with van der Waals surface area (Å²) in [5.41, 5.74) is 0.557. The number of carbonyl (C=O) groups excluding carboxylic acids is 2. The second kappa shape index (κ2) is 5.87. The van der Waals surface area contributed by atoms with Crippen LogP contribution in [0.15, 0.2) is 24.3 Å². The van der Waals surface area contributed by atoms with Gasteiger partial charge in [0.1, 0.15) is 0 Å². The van der Waals surface area contributed by atoms with Gasteiger partial charge in [0, 0.05) is 5.92 Å². The van der Waals surface area contributed by atoms with Crippen LogP contribution >= 0.6 is 11.6 Å². The molecule has 0 aliphatic heterocycles. The minimum Gasteiger partial charge on any atom is -0.347 e. The van der Waals surface area contributed by atoms with Crippen LogP contribution in [0.25, 0.3) is 0 Å². The monoisotopic (exact) mass is 266 g/mol. The Hall–Kier alpha value is -1.55. The van der Waals surface area contributed by atoms with E-state index >= 15 is 0 Å². The Morgan fingerprint density at radius 2 is 2.00 bits per heavy atom. The van der Waals surface area contributed by atoms with Gasteiger partial charge in [-0.05, 0) is 25.0 Å². The van der Waals surface area contributed by atoms with Crippen molar-refractivity contribution in [3.8, 4) is 0 Å². The van der Waals surface area contributed by atoms with E-state index in [9.17, 15) is 9.59 Å². The van der Waals surface area contributed by atoms with Crippen molar-refractivity contribution in [3.63, 3.8) is 0 Å². The van der Waals surface area contributed by atoms with Gasteiger partial charge in [-0.1, -0.05) is 30.2 Å². The molecule has 0 radical (unpaired) electrons. The molecule has 1 aromatic rings. The van der Waals surface area contributed by atoms with Crippen molar-refractivity contribution in [1.29, 1.82) is 0 Å². The fraction of sp³-hybridized carbons (Fsp3) is 0.385. The normalized spacial score (nSPS) is 14.7. The van der Waals surface area contributed by atoms with E-state index in [1.807, 2.05) is 0 Å². The van der Waals surface area contributed by atoms with Crippen molar-refractivity contribution >= 4 is 29.1 Å². The van der Waals surface area contributed by atoms with Crippen molar-refractivity contribution in [3.05, 3.63) is 29.3 Å². The minimum atomic E-state index is -0.268. The van der Waals surface area contributed by atoms with Crippen LogP contribution in [0.3, 0.4) is 0 Å². The van der Waals surface area contributed by atoms with Crippen molar-refractivity contribution in [2.24, 2.45) is 5.92 Å².